The lowest BCUT2D eigenvalue weighted by Crippen LogP contribution is -2.10. The fourth-order valence-electron chi connectivity index (χ4n) is 2.83. The van der Waals surface area contributed by atoms with Gasteiger partial charge in [-0.05, 0) is 43.4 Å². The summed E-state index contributed by atoms with van der Waals surface area (Å²) in [6, 6.07) is 1.70. The molecular weight excluding hydrogens is 259 g/mol. The van der Waals surface area contributed by atoms with Crippen LogP contribution in [0.25, 0.3) is 0 Å². The van der Waals surface area contributed by atoms with Gasteiger partial charge < -0.3 is 14.6 Å². The molecule has 0 fully saturated rings. The molecule has 0 saturated carbocycles. The number of aliphatic hydroxyl groups excluding tert-OH is 1. The lowest BCUT2D eigenvalue weighted by atomic mass is 9.84. The topological polar surface area (TPSA) is 38.7 Å². The first-order valence-corrected chi connectivity index (χ1v) is 6.83. The summed E-state index contributed by atoms with van der Waals surface area (Å²) in [4.78, 5) is 0. The van der Waals surface area contributed by atoms with Crippen LogP contribution in [-0.4, -0.2) is 25.9 Å². The Kier molecular flexibility index (Phi) is 4.65. The maximum Gasteiger partial charge on any atom is 0.168 e. The molecule has 0 radical (unpaired) electrons. The van der Waals surface area contributed by atoms with Gasteiger partial charge in [0.05, 0.1) is 20.8 Å². The number of hydrogen-bond donors (Lipinski definition) is 1. The molecule has 1 atom stereocenters. The Morgan fingerprint density at radius 1 is 1.35 bits per heavy atom. The van der Waals surface area contributed by atoms with Crippen molar-refractivity contribution in [1.82, 2.24) is 0 Å². The molecule has 3 nitrogen and oxygen atoms in total. The van der Waals surface area contributed by atoms with Gasteiger partial charge >= 0.3 is 0 Å². The van der Waals surface area contributed by atoms with E-state index >= 15 is 0 Å². The largest absolute Gasteiger partial charge is 0.496 e. The molecule has 0 aliphatic heterocycles. The second-order valence-electron chi connectivity index (χ2n) is 5.14. The van der Waals surface area contributed by atoms with Crippen LogP contribution >= 0.6 is 0 Å². The number of benzene rings is 1. The highest BCUT2D eigenvalue weighted by atomic mass is 19.1. The summed E-state index contributed by atoms with van der Waals surface area (Å²) in [6.07, 6.45) is 4.78. The number of methoxy groups -OCH3 is 2. The lowest BCUT2D eigenvalue weighted by Gasteiger charge is -2.25. The lowest BCUT2D eigenvalue weighted by molar-refractivity contribution is 0.320. The van der Waals surface area contributed by atoms with Crippen LogP contribution in [0.3, 0.4) is 0 Å². The van der Waals surface area contributed by atoms with E-state index < -0.39 is 0 Å². The van der Waals surface area contributed by atoms with Crippen molar-refractivity contribution in [2.75, 3.05) is 20.8 Å². The SMILES string of the molecule is COc1cc(C)c(F)c(OC)c1C1C=C(CO)CCC1. The zero-order valence-corrected chi connectivity index (χ0v) is 12.2. The molecule has 2 rings (SSSR count). The smallest absolute Gasteiger partial charge is 0.168 e. The Morgan fingerprint density at radius 3 is 2.70 bits per heavy atom. The molecule has 0 bridgehead atoms. The molecule has 1 aliphatic carbocycles. The molecule has 0 amide bonds. The second-order valence-corrected chi connectivity index (χ2v) is 5.14. The number of halogens is 1. The summed E-state index contributed by atoms with van der Waals surface area (Å²) in [5.41, 5.74) is 2.24. The fourth-order valence-corrected chi connectivity index (χ4v) is 2.83. The minimum Gasteiger partial charge on any atom is -0.496 e. The maximum absolute atomic E-state index is 14.3. The van der Waals surface area contributed by atoms with Crippen LogP contribution in [0.5, 0.6) is 11.5 Å². The van der Waals surface area contributed by atoms with Crippen molar-refractivity contribution in [3.05, 3.63) is 34.7 Å². The minimum absolute atomic E-state index is 0.0194. The predicted molar refractivity (Wildman–Crippen MR) is 76.0 cm³/mol. The Labute approximate surface area is 119 Å². The molecule has 0 spiro atoms. The molecule has 1 aromatic carbocycles. The van der Waals surface area contributed by atoms with E-state index in [0.29, 0.717) is 11.3 Å². The molecule has 1 unspecified atom stereocenters. The van der Waals surface area contributed by atoms with E-state index in [2.05, 4.69) is 0 Å². The van der Waals surface area contributed by atoms with Crippen LogP contribution < -0.4 is 9.47 Å². The van der Waals surface area contributed by atoms with E-state index in [9.17, 15) is 9.50 Å². The van der Waals surface area contributed by atoms with Gasteiger partial charge in [-0.25, -0.2) is 4.39 Å². The van der Waals surface area contributed by atoms with Crippen LogP contribution in [0.2, 0.25) is 0 Å². The summed E-state index contributed by atoms with van der Waals surface area (Å²) in [5, 5.41) is 9.30. The predicted octanol–water partition coefficient (Wildman–Crippen LogP) is 3.34. The number of hydrogen-bond acceptors (Lipinski definition) is 3. The van der Waals surface area contributed by atoms with Gasteiger partial charge in [0.2, 0.25) is 0 Å². The van der Waals surface area contributed by atoms with Crippen molar-refractivity contribution < 1.29 is 19.0 Å². The van der Waals surface area contributed by atoms with E-state index in [1.165, 1.54) is 7.11 Å². The molecule has 0 heterocycles. The molecule has 0 aromatic heterocycles. The Balaban J connectivity index is 2.57. The summed E-state index contributed by atoms with van der Waals surface area (Å²) in [5.74, 6) is 0.571. The summed E-state index contributed by atoms with van der Waals surface area (Å²) in [6.45, 7) is 1.75. The molecule has 0 saturated heterocycles. The molecule has 1 N–H and O–H groups in total. The van der Waals surface area contributed by atoms with Gasteiger partial charge in [-0.3, -0.25) is 0 Å². The van der Waals surface area contributed by atoms with Crippen LogP contribution in [-0.2, 0) is 0 Å². The number of ether oxygens (including phenoxy) is 2. The third kappa shape index (κ3) is 2.66. The Bertz CT molecular complexity index is 523. The van der Waals surface area contributed by atoms with Gasteiger partial charge in [0.25, 0.3) is 0 Å². The maximum atomic E-state index is 14.3. The number of allylic oxidation sites excluding steroid dienone is 1. The highest BCUT2D eigenvalue weighted by molar-refractivity contribution is 5.53. The van der Waals surface area contributed by atoms with E-state index in [4.69, 9.17) is 9.47 Å². The Morgan fingerprint density at radius 2 is 2.10 bits per heavy atom. The quantitative estimate of drug-likeness (QED) is 0.860. The average Bonchev–Trinajstić information content (AvgIpc) is 2.49. The van der Waals surface area contributed by atoms with Crippen LogP contribution in [0.4, 0.5) is 4.39 Å². The molecule has 4 heteroatoms. The van der Waals surface area contributed by atoms with Crippen molar-refractivity contribution >= 4 is 0 Å². The monoisotopic (exact) mass is 280 g/mol. The van der Waals surface area contributed by atoms with Crippen molar-refractivity contribution in [2.45, 2.75) is 32.1 Å². The zero-order valence-electron chi connectivity index (χ0n) is 12.2. The molecule has 1 aliphatic rings. The van der Waals surface area contributed by atoms with Crippen molar-refractivity contribution in [3.8, 4) is 11.5 Å². The number of aryl methyl sites for hydroxylation is 1. The Hall–Kier alpha value is -1.55. The van der Waals surface area contributed by atoms with Gasteiger partial charge in [-0.2, -0.15) is 0 Å². The number of aliphatic hydroxyl groups is 1. The van der Waals surface area contributed by atoms with E-state index in [1.807, 2.05) is 6.08 Å². The van der Waals surface area contributed by atoms with Gasteiger partial charge in [0.15, 0.2) is 11.6 Å². The minimum atomic E-state index is -0.340. The summed E-state index contributed by atoms with van der Waals surface area (Å²) in [7, 11) is 3.05. The molecule has 1 aromatic rings. The molecular formula is C16H21FO3. The van der Waals surface area contributed by atoms with Gasteiger partial charge in [-0.15, -0.1) is 0 Å². The summed E-state index contributed by atoms with van der Waals surface area (Å²) >= 11 is 0. The molecule has 110 valence electrons. The van der Waals surface area contributed by atoms with Crippen LogP contribution in [0.15, 0.2) is 17.7 Å². The van der Waals surface area contributed by atoms with Crippen molar-refractivity contribution in [1.29, 1.82) is 0 Å². The zero-order chi connectivity index (χ0) is 14.7. The fraction of sp³-hybridized carbons (Fsp3) is 0.500. The first-order valence-electron chi connectivity index (χ1n) is 6.83. The van der Waals surface area contributed by atoms with E-state index in [1.54, 1.807) is 20.1 Å². The van der Waals surface area contributed by atoms with Gasteiger partial charge in [0.1, 0.15) is 5.75 Å². The van der Waals surface area contributed by atoms with Gasteiger partial charge in [0, 0.05) is 11.5 Å². The second kappa shape index (κ2) is 6.27. The molecule has 20 heavy (non-hydrogen) atoms. The first kappa shape index (κ1) is 14.9. The van der Waals surface area contributed by atoms with Gasteiger partial charge in [-0.1, -0.05) is 6.08 Å². The standard InChI is InChI=1S/C16H21FO3/c1-10-7-13(19-2)14(16(20-3)15(10)17)12-6-4-5-11(8-12)9-18/h7-8,12,18H,4-6,9H2,1-3H3. The highest BCUT2D eigenvalue weighted by Crippen LogP contribution is 2.43. The van der Waals surface area contributed by atoms with E-state index in [0.717, 1.165) is 30.4 Å². The van der Waals surface area contributed by atoms with Crippen molar-refractivity contribution in [2.24, 2.45) is 0 Å². The number of rotatable bonds is 4. The third-order valence-corrected chi connectivity index (χ3v) is 3.85. The normalized spacial score (nSPS) is 18.6. The first-order chi connectivity index (χ1) is 9.62. The van der Waals surface area contributed by atoms with E-state index in [-0.39, 0.29) is 24.1 Å². The van der Waals surface area contributed by atoms with Crippen LogP contribution in [0.1, 0.15) is 36.3 Å². The summed E-state index contributed by atoms with van der Waals surface area (Å²) < 4.78 is 24.9. The van der Waals surface area contributed by atoms with Crippen molar-refractivity contribution in [3.63, 3.8) is 0 Å². The average molecular weight is 280 g/mol. The van der Waals surface area contributed by atoms with Crippen LogP contribution in [0, 0.1) is 12.7 Å². The highest BCUT2D eigenvalue weighted by Gasteiger charge is 2.26. The third-order valence-electron chi connectivity index (χ3n) is 3.85.